The van der Waals surface area contributed by atoms with Gasteiger partial charge < -0.3 is 20.5 Å². The van der Waals surface area contributed by atoms with Crippen LogP contribution in [-0.4, -0.2) is 30.3 Å². The van der Waals surface area contributed by atoms with Crippen LogP contribution >= 0.6 is 0 Å². The molecule has 19 heavy (non-hydrogen) atoms. The van der Waals surface area contributed by atoms with Gasteiger partial charge in [-0.2, -0.15) is 0 Å². The van der Waals surface area contributed by atoms with E-state index in [9.17, 15) is 9.59 Å². The molecular formula is C13H14N2O4. The van der Waals surface area contributed by atoms with Crippen molar-refractivity contribution in [1.82, 2.24) is 5.32 Å². The van der Waals surface area contributed by atoms with Gasteiger partial charge in [-0.05, 0) is 25.1 Å². The van der Waals surface area contributed by atoms with Crippen molar-refractivity contribution in [2.75, 3.05) is 12.4 Å². The monoisotopic (exact) mass is 262 g/mol. The summed E-state index contributed by atoms with van der Waals surface area (Å²) in [6, 6.07) is 3.29. The number of amides is 2. The third kappa shape index (κ3) is 3.92. The van der Waals surface area contributed by atoms with Crippen LogP contribution in [0.25, 0.3) is 0 Å². The summed E-state index contributed by atoms with van der Waals surface area (Å²) in [6.45, 7) is 1.63. The van der Waals surface area contributed by atoms with E-state index in [0.717, 1.165) is 0 Å². The molecule has 1 atom stereocenters. The highest BCUT2D eigenvalue weighted by molar-refractivity contribution is 6.00. The Kier molecular flexibility index (Phi) is 4.77. The summed E-state index contributed by atoms with van der Waals surface area (Å²) in [6.07, 6.45) is 5.13. The van der Waals surface area contributed by atoms with Crippen LogP contribution in [0.1, 0.15) is 17.3 Å². The summed E-state index contributed by atoms with van der Waals surface area (Å²) in [7, 11) is 1.43. The highest BCUT2D eigenvalue weighted by Crippen LogP contribution is 2.22. The third-order valence-corrected chi connectivity index (χ3v) is 2.30. The number of hydrogen-bond donors (Lipinski definition) is 3. The lowest BCUT2D eigenvalue weighted by Crippen LogP contribution is -2.35. The van der Waals surface area contributed by atoms with Gasteiger partial charge in [0.2, 0.25) is 0 Å². The molecule has 6 heteroatoms. The Balaban J connectivity index is 2.92. The minimum atomic E-state index is -1.17. The van der Waals surface area contributed by atoms with Crippen molar-refractivity contribution in [1.29, 1.82) is 0 Å². The molecule has 0 bridgehead atoms. The second kappa shape index (κ2) is 6.31. The number of nitrogens with one attached hydrogen (secondary N) is 2. The number of terminal acetylenes is 1. The number of benzene rings is 1. The van der Waals surface area contributed by atoms with Crippen molar-refractivity contribution in [3.8, 4) is 18.1 Å². The van der Waals surface area contributed by atoms with Gasteiger partial charge in [0, 0.05) is 0 Å². The molecular weight excluding hydrogens is 248 g/mol. The van der Waals surface area contributed by atoms with Gasteiger partial charge in [-0.3, -0.25) is 0 Å². The maximum absolute atomic E-state index is 11.6. The van der Waals surface area contributed by atoms with Crippen LogP contribution in [-0.2, 0) is 0 Å². The van der Waals surface area contributed by atoms with Crippen LogP contribution in [0.4, 0.5) is 10.5 Å². The smallest absolute Gasteiger partial charge is 0.337 e. The van der Waals surface area contributed by atoms with E-state index in [1.54, 1.807) is 13.0 Å². The summed E-state index contributed by atoms with van der Waals surface area (Å²) in [5.41, 5.74) is 0.0953. The van der Waals surface area contributed by atoms with Gasteiger partial charge in [-0.15, -0.1) is 6.42 Å². The fraction of sp³-hybridized carbons (Fsp3) is 0.231. The Hall–Kier alpha value is -2.68. The zero-order chi connectivity index (χ0) is 14.4. The average molecular weight is 262 g/mol. The zero-order valence-electron chi connectivity index (χ0n) is 10.6. The van der Waals surface area contributed by atoms with Gasteiger partial charge in [0.25, 0.3) is 0 Å². The topological polar surface area (TPSA) is 87.7 Å². The number of ether oxygens (including phenoxy) is 1. The number of urea groups is 1. The molecule has 6 nitrogen and oxygen atoms in total. The van der Waals surface area contributed by atoms with Crippen molar-refractivity contribution in [2.24, 2.45) is 0 Å². The van der Waals surface area contributed by atoms with Gasteiger partial charge in [-0.25, -0.2) is 9.59 Å². The molecule has 100 valence electrons. The highest BCUT2D eigenvalue weighted by atomic mass is 16.5. The lowest BCUT2D eigenvalue weighted by atomic mass is 10.1. The Morgan fingerprint density at radius 1 is 1.47 bits per heavy atom. The second-order valence-corrected chi connectivity index (χ2v) is 3.70. The molecule has 0 spiro atoms. The van der Waals surface area contributed by atoms with Crippen LogP contribution in [0.3, 0.4) is 0 Å². The maximum atomic E-state index is 11.6. The predicted molar refractivity (Wildman–Crippen MR) is 70.4 cm³/mol. The van der Waals surface area contributed by atoms with E-state index in [0.29, 0.717) is 5.75 Å². The number of rotatable bonds is 4. The Morgan fingerprint density at radius 3 is 2.68 bits per heavy atom. The van der Waals surface area contributed by atoms with Gasteiger partial charge in [0.1, 0.15) is 5.75 Å². The second-order valence-electron chi connectivity index (χ2n) is 3.70. The maximum Gasteiger partial charge on any atom is 0.337 e. The fourth-order valence-electron chi connectivity index (χ4n) is 1.33. The van der Waals surface area contributed by atoms with E-state index < -0.39 is 18.0 Å². The van der Waals surface area contributed by atoms with Crippen LogP contribution in [0.15, 0.2) is 18.2 Å². The number of carboxylic acids is 1. The van der Waals surface area contributed by atoms with Crippen LogP contribution < -0.4 is 15.4 Å². The van der Waals surface area contributed by atoms with E-state index >= 15 is 0 Å². The minimum absolute atomic E-state index is 0.0668. The lowest BCUT2D eigenvalue weighted by molar-refractivity contribution is 0.0697. The average Bonchev–Trinajstić information content (AvgIpc) is 2.38. The van der Waals surface area contributed by atoms with Gasteiger partial charge in [0.15, 0.2) is 0 Å². The normalized spacial score (nSPS) is 11.0. The largest absolute Gasteiger partial charge is 0.497 e. The molecule has 2 amide bonds. The molecule has 1 unspecified atom stereocenters. The molecule has 0 saturated carbocycles. The summed E-state index contributed by atoms with van der Waals surface area (Å²) in [5, 5.41) is 14.0. The van der Waals surface area contributed by atoms with Crippen LogP contribution in [0.2, 0.25) is 0 Å². The molecule has 0 aromatic heterocycles. The molecule has 0 saturated heterocycles. The number of methoxy groups -OCH3 is 1. The first-order valence-corrected chi connectivity index (χ1v) is 5.43. The Labute approximate surface area is 110 Å². The van der Waals surface area contributed by atoms with Crippen molar-refractivity contribution < 1.29 is 19.4 Å². The van der Waals surface area contributed by atoms with Gasteiger partial charge >= 0.3 is 12.0 Å². The Bertz CT molecular complexity index is 534. The molecule has 0 aliphatic heterocycles. The fourth-order valence-corrected chi connectivity index (χ4v) is 1.33. The molecule has 0 fully saturated rings. The quantitative estimate of drug-likeness (QED) is 0.718. The number of carbonyl (C=O) groups excluding carboxylic acids is 1. The molecule has 3 N–H and O–H groups in total. The first-order chi connectivity index (χ1) is 8.97. The van der Waals surface area contributed by atoms with Crippen molar-refractivity contribution >= 4 is 17.7 Å². The number of hydrogen-bond acceptors (Lipinski definition) is 3. The zero-order valence-corrected chi connectivity index (χ0v) is 10.6. The molecule has 1 aromatic rings. The minimum Gasteiger partial charge on any atom is -0.497 e. The summed E-state index contributed by atoms with van der Waals surface area (Å²) in [5.74, 6) is 1.55. The van der Waals surface area contributed by atoms with E-state index in [4.69, 9.17) is 16.3 Å². The van der Waals surface area contributed by atoms with Crippen molar-refractivity contribution in [2.45, 2.75) is 13.0 Å². The Morgan fingerprint density at radius 2 is 2.16 bits per heavy atom. The number of anilines is 1. The van der Waals surface area contributed by atoms with Crippen molar-refractivity contribution in [3.63, 3.8) is 0 Å². The van der Waals surface area contributed by atoms with Crippen LogP contribution in [0.5, 0.6) is 5.75 Å². The predicted octanol–water partition coefficient (Wildman–Crippen LogP) is 1.54. The third-order valence-electron chi connectivity index (χ3n) is 2.30. The summed E-state index contributed by atoms with van der Waals surface area (Å²) < 4.78 is 4.93. The summed E-state index contributed by atoms with van der Waals surface area (Å²) in [4.78, 5) is 22.7. The number of carbonyl (C=O) groups is 2. The molecule has 1 aromatic carbocycles. The van der Waals surface area contributed by atoms with E-state index in [2.05, 4.69) is 16.6 Å². The standard InChI is InChI=1S/C13H14N2O4/c1-4-8(2)14-13(18)15-11-6-5-9(19-3)7-10(11)12(16)17/h1,5-8H,2-3H3,(H,16,17)(H2,14,15,18). The van der Waals surface area contributed by atoms with Gasteiger partial charge in [-0.1, -0.05) is 5.92 Å². The number of carboxylic acid groups (broad SMARTS) is 1. The lowest BCUT2D eigenvalue weighted by Gasteiger charge is -2.12. The van der Waals surface area contributed by atoms with Gasteiger partial charge in [0.05, 0.1) is 24.4 Å². The first kappa shape index (κ1) is 14.4. The molecule has 0 aliphatic rings. The van der Waals surface area contributed by atoms with E-state index in [1.165, 1.54) is 19.2 Å². The first-order valence-electron chi connectivity index (χ1n) is 5.43. The molecule has 1 rings (SSSR count). The SMILES string of the molecule is C#CC(C)NC(=O)Nc1ccc(OC)cc1C(=O)O. The van der Waals surface area contributed by atoms with E-state index in [1.807, 2.05) is 0 Å². The van der Waals surface area contributed by atoms with Crippen molar-refractivity contribution in [3.05, 3.63) is 23.8 Å². The summed E-state index contributed by atoms with van der Waals surface area (Å²) >= 11 is 0. The molecule has 0 radical (unpaired) electrons. The van der Waals surface area contributed by atoms with E-state index in [-0.39, 0.29) is 11.3 Å². The molecule has 0 heterocycles. The highest BCUT2D eigenvalue weighted by Gasteiger charge is 2.14. The van der Waals surface area contributed by atoms with Crippen LogP contribution in [0, 0.1) is 12.3 Å². The molecule has 0 aliphatic carbocycles. The number of aromatic carboxylic acids is 1.